The van der Waals surface area contributed by atoms with E-state index in [4.69, 9.17) is 10.2 Å². The van der Waals surface area contributed by atoms with Crippen LogP contribution in [0, 0.1) is 5.82 Å². The number of benzene rings is 1. The van der Waals surface area contributed by atoms with Gasteiger partial charge >= 0.3 is 0 Å². The van der Waals surface area contributed by atoms with E-state index in [9.17, 15) is 4.39 Å². The van der Waals surface area contributed by atoms with Crippen LogP contribution in [0.2, 0.25) is 0 Å². The third kappa shape index (κ3) is 2.70. The molecule has 1 aromatic heterocycles. The van der Waals surface area contributed by atoms with Crippen LogP contribution in [0.25, 0.3) is 0 Å². The molecule has 2 nitrogen and oxygen atoms in total. The summed E-state index contributed by atoms with van der Waals surface area (Å²) < 4.78 is 18.5. The molecule has 2 aromatic rings. The molecule has 0 aliphatic heterocycles. The first-order valence-corrected chi connectivity index (χ1v) is 5.27. The van der Waals surface area contributed by atoms with E-state index < -0.39 is 0 Å². The number of rotatable bonds is 4. The quantitative estimate of drug-likeness (QED) is 0.858. The average molecular weight is 219 g/mol. The number of hydrogen-bond donors (Lipinski definition) is 1. The van der Waals surface area contributed by atoms with Crippen molar-refractivity contribution >= 4 is 0 Å². The summed E-state index contributed by atoms with van der Waals surface area (Å²) in [5.41, 5.74) is 6.59. The van der Waals surface area contributed by atoms with Gasteiger partial charge in [0.05, 0.1) is 6.26 Å². The van der Waals surface area contributed by atoms with Crippen LogP contribution in [0.1, 0.15) is 11.3 Å². The molecule has 0 saturated heterocycles. The minimum absolute atomic E-state index is 0.122. The van der Waals surface area contributed by atoms with Gasteiger partial charge in [0.1, 0.15) is 11.6 Å². The van der Waals surface area contributed by atoms with E-state index in [1.807, 2.05) is 18.2 Å². The number of furan rings is 1. The molecular formula is C13H14FNO. The lowest BCUT2D eigenvalue weighted by Crippen LogP contribution is -2.25. The minimum Gasteiger partial charge on any atom is -0.469 e. The Morgan fingerprint density at radius 1 is 1.12 bits per heavy atom. The van der Waals surface area contributed by atoms with Gasteiger partial charge in [0.15, 0.2) is 0 Å². The van der Waals surface area contributed by atoms with Crippen molar-refractivity contribution in [2.45, 2.75) is 18.9 Å². The summed E-state index contributed by atoms with van der Waals surface area (Å²) in [5, 5.41) is 0. The first kappa shape index (κ1) is 10.9. The molecule has 0 amide bonds. The third-order valence-electron chi connectivity index (χ3n) is 2.48. The number of hydrogen-bond acceptors (Lipinski definition) is 2. The molecule has 0 fully saturated rings. The first-order valence-electron chi connectivity index (χ1n) is 5.27. The second-order valence-electron chi connectivity index (χ2n) is 3.84. The minimum atomic E-state index is -0.197. The maximum Gasteiger partial charge on any atom is 0.126 e. The van der Waals surface area contributed by atoms with E-state index >= 15 is 0 Å². The normalized spacial score (nSPS) is 12.6. The van der Waals surface area contributed by atoms with Gasteiger partial charge in [-0.15, -0.1) is 0 Å². The van der Waals surface area contributed by atoms with Gasteiger partial charge in [0.25, 0.3) is 0 Å². The number of halogens is 1. The van der Waals surface area contributed by atoms with E-state index in [0.717, 1.165) is 5.76 Å². The van der Waals surface area contributed by atoms with Crippen LogP contribution < -0.4 is 5.73 Å². The maximum atomic E-state index is 13.3. The van der Waals surface area contributed by atoms with Crippen molar-refractivity contribution in [3.05, 3.63) is 59.8 Å². The lowest BCUT2D eigenvalue weighted by atomic mass is 10.0. The van der Waals surface area contributed by atoms with Crippen molar-refractivity contribution in [3.8, 4) is 0 Å². The summed E-state index contributed by atoms with van der Waals surface area (Å²) in [6, 6.07) is 10.3. The van der Waals surface area contributed by atoms with Gasteiger partial charge in [0.2, 0.25) is 0 Å². The Kier molecular flexibility index (Phi) is 3.37. The fraction of sp³-hybridized carbons (Fsp3) is 0.231. The zero-order chi connectivity index (χ0) is 11.4. The molecule has 0 aliphatic rings. The van der Waals surface area contributed by atoms with E-state index in [1.54, 1.807) is 18.4 Å². The van der Waals surface area contributed by atoms with Gasteiger partial charge in [-0.05, 0) is 30.2 Å². The molecule has 1 unspecified atom stereocenters. The zero-order valence-corrected chi connectivity index (χ0v) is 8.90. The summed E-state index contributed by atoms with van der Waals surface area (Å²) in [7, 11) is 0. The Labute approximate surface area is 93.9 Å². The van der Waals surface area contributed by atoms with Crippen LogP contribution in [-0.4, -0.2) is 6.04 Å². The van der Waals surface area contributed by atoms with Crippen molar-refractivity contribution in [1.29, 1.82) is 0 Å². The highest BCUT2D eigenvalue weighted by Gasteiger charge is 2.09. The molecule has 0 bridgehead atoms. The van der Waals surface area contributed by atoms with Crippen molar-refractivity contribution in [2.24, 2.45) is 5.73 Å². The van der Waals surface area contributed by atoms with Crippen LogP contribution in [-0.2, 0) is 12.8 Å². The Bertz CT molecular complexity index is 439. The van der Waals surface area contributed by atoms with Crippen LogP contribution in [0.4, 0.5) is 4.39 Å². The smallest absolute Gasteiger partial charge is 0.126 e. The van der Waals surface area contributed by atoms with E-state index in [0.29, 0.717) is 18.4 Å². The third-order valence-corrected chi connectivity index (χ3v) is 2.48. The standard InChI is InChI=1S/C13H14FNO/c14-13-6-2-1-4-10(13)8-11(15)9-12-5-3-7-16-12/h1-7,11H,8-9,15H2. The SMILES string of the molecule is NC(Cc1ccco1)Cc1ccccc1F. The molecule has 1 atom stereocenters. The fourth-order valence-electron chi connectivity index (χ4n) is 1.71. The number of nitrogens with two attached hydrogens (primary N) is 1. The largest absolute Gasteiger partial charge is 0.469 e. The van der Waals surface area contributed by atoms with Gasteiger partial charge in [0, 0.05) is 12.5 Å². The molecule has 0 aliphatic carbocycles. The van der Waals surface area contributed by atoms with Gasteiger partial charge < -0.3 is 10.2 Å². The molecule has 2 rings (SSSR count). The molecule has 2 N–H and O–H groups in total. The van der Waals surface area contributed by atoms with E-state index in [1.165, 1.54) is 6.07 Å². The van der Waals surface area contributed by atoms with Crippen LogP contribution in [0.3, 0.4) is 0 Å². The monoisotopic (exact) mass is 219 g/mol. The molecule has 1 aromatic carbocycles. The van der Waals surface area contributed by atoms with Crippen LogP contribution >= 0.6 is 0 Å². The van der Waals surface area contributed by atoms with Gasteiger partial charge in [-0.1, -0.05) is 18.2 Å². The molecule has 0 spiro atoms. The van der Waals surface area contributed by atoms with Gasteiger partial charge in [-0.3, -0.25) is 0 Å². The highest BCUT2D eigenvalue weighted by atomic mass is 19.1. The highest BCUT2D eigenvalue weighted by Crippen LogP contribution is 2.11. The molecule has 84 valence electrons. The lowest BCUT2D eigenvalue weighted by molar-refractivity contribution is 0.479. The molecule has 0 radical (unpaired) electrons. The van der Waals surface area contributed by atoms with Crippen LogP contribution in [0.15, 0.2) is 47.1 Å². The van der Waals surface area contributed by atoms with Crippen molar-refractivity contribution in [1.82, 2.24) is 0 Å². The molecule has 3 heteroatoms. The first-order chi connectivity index (χ1) is 7.75. The van der Waals surface area contributed by atoms with E-state index in [2.05, 4.69) is 0 Å². The Morgan fingerprint density at radius 3 is 2.62 bits per heavy atom. The lowest BCUT2D eigenvalue weighted by Gasteiger charge is -2.10. The fourth-order valence-corrected chi connectivity index (χ4v) is 1.71. The van der Waals surface area contributed by atoms with Crippen molar-refractivity contribution < 1.29 is 8.81 Å². The Morgan fingerprint density at radius 2 is 1.94 bits per heavy atom. The molecular weight excluding hydrogens is 205 g/mol. The predicted octanol–water partition coefficient (Wildman–Crippen LogP) is 2.53. The molecule has 0 saturated carbocycles. The van der Waals surface area contributed by atoms with Crippen molar-refractivity contribution in [2.75, 3.05) is 0 Å². The van der Waals surface area contributed by atoms with Crippen molar-refractivity contribution in [3.63, 3.8) is 0 Å². The summed E-state index contributed by atoms with van der Waals surface area (Å²) in [4.78, 5) is 0. The van der Waals surface area contributed by atoms with Gasteiger partial charge in [-0.25, -0.2) is 4.39 Å². The average Bonchev–Trinajstić information content (AvgIpc) is 2.74. The maximum absolute atomic E-state index is 13.3. The Hall–Kier alpha value is -1.61. The molecule has 16 heavy (non-hydrogen) atoms. The van der Waals surface area contributed by atoms with E-state index in [-0.39, 0.29) is 11.9 Å². The second kappa shape index (κ2) is 4.94. The van der Waals surface area contributed by atoms with Crippen LogP contribution in [0.5, 0.6) is 0 Å². The Balaban J connectivity index is 1.97. The van der Waals surface area contributed by atoms with Gasteiger partial charge in [-0.2, -0.15) is 0 Å². The topological polar surface area (TPSA) is 39.2 Å². The molecule has 1 heterocycles. The zero-order valence-electron chi connectivity index (χ0n) is 8.90. The highest BCUT2D eigenvalue weighted by molar-refractivity contribution is 5.18. The summed E-state index contributed by atoms with van der Waals surface area (Å²) in [5.74, 6) is 0.640. The summed E-state index contributed by atoms with van der Waals surface area (Å²) in [6.07, 6.45) is 2.76. The summed E-state index contributed by atoms with van der Waals surface area (Å²) in [6.45, 7) is 0. The predicted molar refractivity (Wildman–Crippen MR) is 60.5 cm³/mol. The second-order valence-corrected chi connectivity index (χ2v) is 3.84. The summed E-state index contributed by atoms with van der Waals surface area (Å²) >= 11 is 0.